The fourth-order valence-electron chi connectivity index (χ4n) is 2.18. The highest BCUT2D eigenvalue weighted by molar-refractivity contribution is 6.67. The van der Waals surface area contributed by atoms with Gasteiger partial charge in [-0.05, 0) is 18.6 Å². The quantitative estimate of drug-likeness (QED) is 0.781. The molecule has 1 amide bonds. The van der Waals surface area contributed by atoms with Crippen molar-refractivity contribution in [3.63, 3.8) is 0 Å². The third-order valence-electron chi connectivity index (χ3n) is 3.36. The Labute approximate surface area is 125 Å². The Hall–Kier alpha value is -2.17. The van der Waals surface area contributed by atoms with E-state index in [1.54, 1.807) is 5.01 Å². The number of carbonyl (C=O) groups is 2. The van der Waals surface area contributed by atoms with E-state index in [2.05, 4.69) is 17.3 Å². The molecule has 1 aliphatic rings. The highest BCUT2D eigenvalue weighted by atomic mass is 16.2. The monoisotopic (exact) mass is 287 g/mol. The van der Waals surface area contributed by atoms with E-state index in [0.717, 1.165) is 31.4 Å². The number of hydrogen-bond acceptors (Lipinski definition) is 4. The Morgan fingerprint density at radius 1 is 1.24 bits per heavy atom. The molecule has 5 heteroatoms. The topological polar surface area (TPSA) is 61.8 Å². The van der Waals surface area contributed by atoms with Crippen molar-refractivity contribution in [1.29, 1.82) is 0 Å². The lowest BCUT2D eigenvalue weighted by atomic mass is 10.2. The normalized spacial score (nSPS) is 14.2. The zero-order chi connectivity index (χ0) is 15.1. The molecule has 1 aromatic carbocycles. The summed E-state index contributed by atoms with van der Waals surface area (Å²) >= 11 is 0. The first-order valence-electron chi connectivity index (χ1n) is 7.45. The van der Waals surface area contributed by atoms with E-state index < -0.39 is 0 Å². The van der Waals surface area contributed by atoms with Crippen molar-refractivity contribution in [2.75, 3.05) is 18.1 Å². The summed E-state index contributed by atoms with van der Waals surface area (Å²) in [6, 6.07) is 9.38. The van der Waals surface area contributed by atoms with Crippen LogP contribution in [-0.4, -0.2) is 30.5 Å². The summed E-state index contributed by atoms with van der Waals surface area (Å²) in [7, 11) is 0. The van der Waals surface area contributed by atoms with Crippen molar-refractivity contribution in [2.45, 2.75) is 32.6 Å². The highest BCUT2D eigenvalue weighted by Crippen LogP contribution is 2.17. The molecular formula is C16H21N3O2. The number of nitrogens with one attached hydrogen (secondary N) is 1. The molecule has 0 unspecified atom stereocenters. The first-order chi connectivity index (χ1) is 10.2. The molecular weight excluding hydrogens is 266 g/mol. The molecule has 0 saturated carbocycles. The molecule has 0 saturated heterocycles. The number of hydrazone groups is 1. The Morgan fingerprint density at radius 3 is 2.71 bits per heavy atom. The number of ketones is 1. The summed E-state index contributed by atoms with van der Waals surface area (Å²) in [5.41, 5.74) is 0.825. The van der Waals surface area contributed by atoms with Gasteiger partial charge in [0, 0.05) is 6.54 Å². The number of para-hydroxylation sites is 1. The van der Waals surface area contributed by atoms with Crippen molar-refractivity contribution in [1.82, 2.24) is 5.32 Å². The van der Waals surface area contributed by atoms with Gasteiger partial charge in [0.2, 0.25) is 5.78 Å². The van der Waals surface area contributed by atoms with Crippen LogP contribution in [0.1, 0.15) is 32.6 Å². The van der Waals surface area contributed by atoms with Gasteiger partial charge in [-0.1, -0.05) is 44.4 Å². The van der Waals surface area contributed by atoms with Gasteiger partial charge in [0.1, 0.15) is 6.54 Å². The Kier molecular flexibility index (Phi) is 5.49. The number of rotatable bonds is 7. The maximum Gasteiger partial charge on any atom is 0.275 e. The molecule has 112 valence electrons. The predicted octanol–water partition coefficient (Wildman–Crippen LogP) is 2.13. The van der Waals surface area contributed by atoms with E-state index in [0.29, 0.717) is 6.54 Å². The van der Waals surface area contributed by atoms with Gasteiger partial charge in [-0.3, -0.25) is 14.6 Å². The van der Waals surface area contributed by atoms with Crippen LogP contribution in [0.5, 0.6) is 0 Å². The summed E-state index contributed by atoms with van der Waals surface area (Å²) < 4.78 is 0. The van der Waals surface area contributed by atoms with E-state index in [-0.39, 0.29) is 23.9 Å². The standard InChI is InChI=1S/C16H21N3O2/c1-2-3-4-8-11-17-16(21)15-14(20)12-19(18-15)13-9-6-5-7-10-13/h5-7,9-10H,2-4,8,11-12H2,1H3,(H,17,21). The number of benzene rings is 1. The first-order valence-corrected chi connectivity index (χ1v) is 7.45. The van der Waals surface area contributed by atoms with Gasteiger partial charge in [-0.2, -0.15) is 5.10 Å². The van der Waals surface area contributed by atoms with Crippen molar-refractivity contribution < 1.29 is 9.59 Å². The van der Waals surface area contributed by atoms with E-state index in [1.807, 2.05) is 30.3 Å². The van der Waals surface area contributed by atoms with Gasteiger partial charge in [-0.25, -0.2) is 0 Å². The van der Waals surface area contributed by atoms with Gasteiger partial charge >= 0.3 is 0 Å². The molecule has 0 aliphatic carbocycles. The molecule has 0 spiro atoms. The maximum atomic E-state index is 12.0. The van der Waals surface area contributed by atoms with Gasteiger partial charge in [0.15, 0.2) is 5.71 Å². The predicted molar refractivity (Wildman–Crippen MR) is 83.4 cm³/mol. The SMILES string of the molecule is CCCCCCNC(=O)C1=NN(c2ccccc2)CC1=O. The lowest BCUT2D eigenvalue weighted by Gasteiger charge is -2.11. The summed E-state index contributed by atoms with van der Waals surface area (Å²) in [6.45, 7) is 2.86. The van der Waals surface area contributed by atoms with Crippen LogP contribution in [0.25, 0.3) is 0 Å². The first kappa shape index (κ1) is 15.2. The van der Waals surface area contributed by atoms with Gasteiger partial charge in [0.25, 0.3) is 5.91 Å². The number of Topliss-reactive ketones (excluding diaryl/α,β-unsaturated/α-hetero) is 1. The van der Waals surface area contributed by atoms with Crippen LogP contribution in [0, 0.1) is 0 Å². The largest absolute Gasteiger partial charge is 0.351 e. The van der Waals surface area contributed by atoms with Crippen LogP contribution in [-0.2, 0) is 9.59 Å². The average Bonchev–Trinajstić information content (AvgIpc) is 2.90. The van der Waals surface area contributed by atoms with E-state index >= 15 is 0 Å². The van der Waals surface area contributed by atoms with E-state index in [4.69, 9.17) is 0 Å². The van der Waals surface area contributed by atoms with Crippen molar-refractivity contribution in [3.05, 3.63) is 30.3 Å². The van der Waals surface area contributed by atoms with Crippen LogP contribution >= 0.6 is 0 Å². The second kappa shape index (κ2) is 7.57. The molecule has 0 aromatic heterocycles. The molecule has 21 heavy (non-hydrogen) atoms. The molecule has 0 radical (unpaired) electrons. The zero-order valence-corrected chi connectivity index (χ0v) is 12.3. The smallest absolute Gasteiger partial charge is 0.275 e. The van der Waals surface area contributed by atoms with Crippen LogP contribution in [0.4, 0.5) is 5.69 Å². The van der Waals surface area contributed by atoms with Crippen LogP contribution < -0.4 is 10.3 Å². The van der Waals surface area contributed by atoms with E-state index in [1.165, 1.54) is 0 Å². The molecule has 0 fully saturated rings. The van der Waals surface area contributed by atoms with Gasteiger partial charge in [-0.15, -0.1) is 0 Å². The molecule has 5 nitrogen and oxygen atoms in total. The third-order valence-corrected chi connectivity index (χ3v) is 3.36. The maximum absolute atomic E-state index is 12.0. The fraction of sp³-hybridized carbons (Fsp3) is 0.438. The van der Waals surface area contributed by atoms with Crippen molar-refractivity contribution >= 4 is 23.1 Å². The average molecular weight is 287 g/mol. The second-order valence-corrected chi connectivity index (χ2v) is 5.08. The number of carbonyl (C=O) groups excluding carboxylic acids is 2. The Balaban J connectivity index is 1.90. The van der Waals surface area contributed by atoms with Gasteiger partial charge < -0.3 is 5.32 Å². The molecule has 1 aliphatic heterocycles. The zero-order valence-electron chi connectivity index (χ0n) is 12.3. The fourth-order valence-corrected chi connectivity index (χ4v) is 2.18. The van der Waals surface area contributed by atoms with Crippen LogP contribution in [0.15, 0.2) is 35.4 Å². The molecule has 1 N–H and O–H groups in total. The lowest BCUT2D eigenvalue weighted by molar-refractivity contribution is -0.117. The van der Waals surface area contributed by atoms with E-state index in [9.17, 15) is 9.59 Å². The number of unbranched alkanes of at least 4 members (excludes halogenated alkanes) is 3. The minimum absolute atomic E-state index is 0.00865. The Bertz CT molecular complexity index is 526. The number of amides is 1. The molecule has 1 aromatic rings. The molecule has 1 heterocycles. The number of nitrogens with zero attached hydrogens (tertiary/aromatic N) is 2. The molecule has 0 bridgehead atoms. The molecule has 2 rings (SSSR count). The molecule has 0 atom stereocenters. The number of hydrogen-bond donors (Lipinski definition) is 1. The minimum Gasteiger partial charge on any atom is -0.351 e. The summed E-state index contributed by atoms with van der Waals surface area (Å²) in [4.78, 5) is 23.9. The van der Waals surface area contributed by atoms with Crippen molar-refractivity contribution in [3.8, 4) is 0 Å². The van der Waals surface area contributed by atoms with Crippen LogP contribution in [0.3, 0.4) is 0 Å². The summed E-state index contributed by atoms with van der Waals surface area (Å²) in [5, 5.41) is 8.48. The third kappa shape index (κ3) is 4.15. The van der Waals surface area contributed by atoms with Crippen molar-refractivity contribution in [2.24, 2.45) is 5.10 Å². The summed E-state index contributed by atoms with van der Waals surface area (Å²) in [5.74, 6) is -0.597. The summed E-state index contributed by atoms with van der Waals surface area (Å²) in [6.07, 6.45) is 4.35. The Morgan fingerprint density at radius 2 is 2.00 bits per heavy atom. The highest BCUT2D eigenvalue weighted by Gasteiger charge is 2.29. The van der Waals surface area contributed by atoms with Crippen LogP contribution in [0.2, 0.25) is 0 Å². The number of anilines is 1. The van der Waals surface area contributed by atoms with Gasteiger partial charge in [0.05, 0.1) is 5.69 Å². The second-order valence-electron chi connectivity index (χ2n) is 5.08. The minimum atomic E-state index is -0.366. The lowest BCUT2D eigenvalue weighted by Crippen LogP contribution is -2.35.